The van der Waals surface area contributed by atoms with E-state index in [0.717, 1.165) is 44.9 Å². The number of hydrogen-bond acceptors (Lipinski definition) is 4. The molecule has 4 nitrogen and oxygen atoms in total. The summed E-state index contributed by atoms with van der Waals surface area (Å²) in [5.41, 5.74) is 0. The van der Waals surface area contributed by atoms with Crippen LogP contribution in [0.3, 0.4) is 0 Å². The van der Waals surface area contributed by atoms with Gasteiger partial charge >= 0.3 is 11.9 Å². The van der Waals surface area contributed by atoms with E-state index in [4.69, 9.17) is 9.47 Å². The summed E-state index contributed by atoms with van der Waals surface area (Å²) >= 11 is 0. The molecule has 0 saturated carbocycles. The minimum Gasteiger partial charge on any atom is -0.462 e. The zero-order valence-corrected chi connectivity index (χ0v) is 22.0. The third-order valence-electron chi connectivity index (χ3n) is 5.56. The Labute approximate surface area is 204 Å². The molecule has 0 aliphatic carbocycles. The Hall–Kier alpha value is -1.58. The van der Waals surface area contributed by atoms with Gasteiger partial charge < -0.3 is 9.47 Å². The van der Waals surface area contributed by atoms with Crippen LogP contribution in [-0.4, -0.2) is 24.6 Å². The van der Waals surface area contributed by atoms with Crippen molar-refractivity contribution in [3.8, 4) is 0 Å². The van der Waals surface area contributed by atoms with E-state index in [2.05, 4.69) is 38.2 Å². The van der Waals surface area contributed by atoms with Crippen LogP contribution in [0.1, 0.15) is 136 Å². The Kier molecular flexibility index (Phi) is 23.9. The zero-order valence-electron chi connectivity index (χ0n) is 22.0. The largest absolute Gasteiger partial charge is 0.462 e. The first-order valence-corrected chi connectivity index (χ1v) is 13.7. The van der Waals surface area contributed by atoms with Crippen molar-refractivity contribution in [1.82, 2.24) is 0 Å². The van der Waals surface area contributed by atoms with Gasteiger partial charge in [0.2, 0.25) is 0 Å². The van der Waals surface area contributed by atoms with Crippen LogP contribution in [-0.2, 0) is 19.1 Å². The Morgan fingerprint density at radius 3 is 1.55 bits per heavy atom. The lowest BCUT2D eigenvalue weighted by molar-refractivity contribution is -0.158. The van der Waals surface area contributed by atoms with Crippen molar-refractivity contribution >= 4 is 11.9 Å². The number of allylic oxidation sites excluding steroid dienone is 4. The second kappa shape index (κ2) is 25.1. The highest BCUT2D eigenvalue weighted by molar-refractivity contribution is 5.70. The molecule has 0 fully saturated rings. The molecule has 0 aromatic carbocycles. The molecule has 0 aliphatic rings. The fraction of sp³-hybridized carbons (Fsp3) is 0.793. The van der Waals surface area contributed by atoms with E-state index in [-0.39, 0.29) is 24.6 Å². The van der Waals surface area contributed by atoms with E-state index in [0.29, 0.717) is 12.8 Å². The van der Waals surface area contributed by atoms with Crippen molar-refractivity contribution in [2.45, 2.75) is 142 Å². The Morgan fingerprint density at radius 1 is 0.606 bits per heavy atom. The maximum absolute atomic E-state index is 11.9. The highest BCUT2D eigenvalue weighted by Gasteiger charge is 2.12. The van der Waals surface area contributed by atoms with E-state index in [9.17, 15) is 9.59 Å². The quantitative estimate of drug-likeness (QED) is 0.0862. The zero-order chi connectivity index (χ0) is 24.4. The van der Waals surface area contributed by atoms with Gasteiger partial charge in [-0.1, -0.05) is 89.5 Å². The summed E-state index contributed by atoms with van der Waals surface area (Å²) in [6, 6.07) is 0. The second-order valence-electron chi connectivity index (χ2n) is 9.12. The summed E-state index contributed by atoms with van der Waals surface area (Å²) in [6.07, 6.45) is 27.8. The van der Waals surface area contributed by atoms with Crippen molar-refractivity contribution < 1.29 is 19.1 Å². The highest BCUT2D eigenvalue weighted by atomic mass is 16.6. The van der Waals surface area contributed by atoms with Gasteiger partial charge in [0.25, 0.3) is 0 Å². The fourth-order valence-electron chi connectivity index (χ4n) is 3.53. The van der Waals surface area contributed by atoms with Crippen molar-refractivity contribution in [2.75, 3.05) is 6.61 Å². The summed E-state index contributed by atoms with van der Waals surface area (Å²) in [6.45, 7) is 6.33. The Bertz CT molecular complexity index is 510. The maximum atomic E-state index is 11.9. The molecule has 0 unspecified atom stereocenters. The van der Waals surface area contributed by atoms with Crippen molar-refractivity contribution in [3.05, 3.63) is 24.3 Å². The number of carbonyl (C=O) groups excluding carboxylic acids is 2. The van der Waals surface area contributed by atoms with Crippen molar-refractivity contribution in [2.24, 2.45) is 0 Å². The summed E-state index contributed by atoms with van der Waals surface area (Å²) in [5.74, 6) is -0.379. The first-order valence-electron chi connectivity index (χ1n) is 13.7. The fourth-order valence-corrected chi connectivity index (χ4v) is 3.53. The molecule has 4 heteroatoms. The van der Waals surface area contributed by atoms with Gasteiger partial charge in [-0.2, -0.15) is 0 Å². The van der Waals surface area contributed by atoms with Crippen LogP contribution in [0.2, 0.25) is 0 Å². The summed E-state index contributed by atoms with van der Waals surface area (Å²) in [7, 11) is 0. The van der Waals surface area contributed by atoms with E-state index >= 15 is 0 Å². The first kappa shape index (κ1) is 31.4. The number of esters is 2. The monoisotopic (exact) mass is 464 g/mol. The molecule has 0 spiro atoms. The average molecular weight is 465 g/mol. The lowest BCUT2D eigenvalue weighted by Crippen LogP contribution is -2.22. The molecular weight excluding hydrogens is 412 g/mol. The summed E-state index contributed by atoms with van der Waals surface area (Å²) in [5, 5.41) is 0. The van der Waals surface area contributed by atoms with Crippen LogP contribution >= 0.6 is 0 Å². The Balaban J connectivity index is 3.51. The minimum absolute atomic E-state index is 0.153. The van der Waals surface area contributed by atoms with Gasteiger partial charge in [0.15, 0.2) is 0 Å². The van der Waals surface area contributed by atoms with Gasteiger partial charge in [0.1, 0.15) is 12.7 Å². The molecule has 0 rings (SSSR count). The van der Waals surface area contributed by atoms with Crippen molar-refractivity contribution in [3.63, 3.8) is 0 Å². The number of rotatable bonds is 23. The second-order valence-corrected chi connectivity index (χ2v) is 9.12. The van der Waals surface area contributed by atoms with Gasteiger partial charge in [0.05, 0.1) is 0 Å². The minimum atomic E-state index is -0.378. The number of unbranched alkanes of at least 4 members (excludes halogenated alkanes) is 12. The molecule has 0 aliphatic heterocycles. The molecule has 0 aromatic rings. The molecule has 0 aromatic heterocycles. The van der Waals surface area contributed by atoms with Crippen LogP contribution in [0.4, 0.5) is 0 Å². The van der Waals surface area contributed by atoms with E-state index < -0.39 is 0 Å². The molecule has 33 heavy (non-hydrogen) atoms. The van der Waals surface area contributed by atoms with Gasteiger partial charge in [-0.05, 0) is 58.3 Å². The van der Waals surface area contributed by atoms with Gasteiger partial charge in [-0.15, -0.1) is 0 Å². The van der Waals surface area contributed by atoms with Crippen LogP contribution in [0.25, 0.3) is 0 Å². The van der Waals surface area contributed by atoms with E-state index in [1.54, 1.807) is 6.92 Å². The average Bonchev–Trinajstić information content (AvgIpc) is 2.80. The highest BCUT2D eigenvalue weighted by Crippen LogP contribution is 2.11. The topological polar surface area (TPSA) is 52.6 Å². The molecular formula is C29H52O4. The molecule has 0 bridgehead atoms. The molecule has 192 valence electrons. The summed E-state index contributed by atoms with van der Waals surface area (Å²) < 4.78 is 10.6. The lowest BCUT2D eigenvalue weighted by atomic mass is 10.1. The molecule has 0 saturated heterocycles. The lowest BCUT2D eigenvalue weighted by Gasteiger charge is -2.13. The van der Waals surface area contributed by atoms with Crippen LogP contribution in [0.15, 0.2) is 24.3 Å². The normalized spacial score (nSPS) is 12.5. The van der Waals surface area contributed by atoms with Gasteiger partial charge in [-0.25, -0.2) is 0 Å². The smallest absolute Gasteiger partial charge is 0.306 e. The summed E-state index contributed by atoms with van der Waals surface area (Å²) in [4.78, 5) is 23.8. The standard InChI is InChI=1S/C29H52O4/c1-4-6-8-10-12-14-16-18-20-22-24-28(30)32-26-27(3)33-29(31)25-23-21-19-17-15-13-11-9-7-5-2/h8-11,27H,4-7,12-26H2,1-3H3/b10-8-,11-9-/t27-/m0/s1. The Morgan fingerprint density at radius 2 is 1.03 bits per heavy atom. The molecule has 0 radical (unpaired) electrons. The van der Waals surface area contributed by atoms with Gasteiger partial charge in [0, 0.05) is 12.8 Å². The first-order chi connectivity index (χ1) is 16.1. The maximum Gasteiger partial charge on any atom is 0.306 e. The van der Waals surface area contributed by atoms with Crippen LogP contribution in [0.5, 0.6) is 0 Å². The van der Waals surface area contributed by atoms with Crippen LogP contribution in [0, 0.1) is 0 Å². The van der Waals surface area contributed by atoms with Crippen LogP contribution < -0.4 is 0 Å². The third-order valence-corrected chi connectivity index (χ3v) is 5.56. The molecule has 0 N–H and O–H groups in total. The van der Waals surface area contributed by atoms with E-state index in [1.165, 1.54) is 57.8 Å². The number of hydrogen-bond donors (Lipinski definition) is 0. The van der Waals surface area contributed by atoms with Crippen molar-refractivity contribution in [1.29, 1.82) is 0 Å². The SMILES string of the molecule is CCC/C=C\CCCCCCCC(=O)OC[C@H](C)OC(=O)CCCCCCC/C=C\CCC. The number of ether oxygens (including phenoxy) is 2. The number of carbonyl (C=O) groups is 2. The van der Waals surface area contributed by atoms with E-state index in [1.807, 2.05) is 0 Å². The predicted octanol–water partition coefficient (Wildman–Crippen LogP) is 8.64. The predicted molar refractivity (Wildman–Crippen MR) is 139 cm³/mol. The molecule has 0 amide bonds. The van der Waals surface area contributed by atoms with Gasteiger partial charge in [-0.3, -0.25) is 9.59 Å². The third kappa shape index (κ3) is 24.9. The molecule has 0 heterocycles. The molecule has 1 atom stereocenters.